The van der Waals surface area contributed by atoms with Gasteiger partial charge in [-0.25, -0.2) is 19.2 Å². The number of halogens is 2. The molecule has 0 unspecified atom stereocenters. The summed E-state index contributed by atoms with van der Waals surface area (Å²) in [5.74, 6) is -3.91. The second-order valence-electron chi connectivity index (χ2n) is 7.33. The van der Waals surface area contributed by atoms with Crippen LogP contribution in [0.3, 0.4) is 0 Å². The van der Waals surface area contributed by atoms with Gasteiger partial charge < -0.3 is 19.7 Å². The summed E-state index contributed by atoms with van der Waals surface area (Å²) >= 11 is 13.1. The largest absolute Gasteiger partial charge is 0.478 e. The van der Waals surface area contributed by atoms with Crippen LogP contribution in [0.15, 0.2) is 48.5 Å². The molecule has 168 valence electrons. The molecule has 0 aliphatic carbocycles. The van der Waals surface area contributed by atoms with E-state index in [1.807, 2.05) is 0 Å². The van der Waals surface area contributed by atoms with Crippen molar-refractivity contribution in [3.05, 3.63) is 91.3 Å². The Balaban J connectivity index is 1.79. The van der Waals surface area contributed by atoms with Crippen molar-refractivity contribution >= 4 is 58.2 Å². The van der Waals surface area contributed by atoms with Crippen molar-refractivity contribution in [2.45, 2.75) is 0 Å². The first-order valence-corrected chi connectivity index (χ1v) is 10.4. The molecule has 0 saturated carbocycles. The summed E-state index contributed by atoms with van der Waals surface area (Å²) in [7, 11) is 0. The highest BCUT2D eigenvalue weighted by molar-refractivity contribution is 6.39. The van der Waals surface area contributed by atoms with Crippen molar-refractivity contribution in [2.24, 2.45) is 0 Å². The minimum absolute atomic E-state index is 0.0242. The van der Waals surface area contributed by atoms with Crippen LogP contribution in [0.25, 0.3) is 11.1 Å². The Hall–Kier alpha value is -4.14. The van der Waals surface area contributed by atoms with Gasteiger partial charge in [0.1, 0.15) is 0 Å². The van der Waals surface area contributed by atoms with Gasteiger partial charge in [-0.3, -0.25) is 0 Å². The number of esters is 2. The number of aromatic carboxylic acids is 2. The van der Waals surface area contributed by atoms with E-state index in [9.17, 15) is 19.2 Å². The lowest BCUT2D eigenvalue weighted by Gasteiger charge is -2.04. The monoisotopic (exact) mass is 496 g/mol. The molecule has 0 atom stereocenters. The van der Waals surface area contributed by atoms with Gasteiger partial charge in [0.15, 0.2) is 11.5 Å². The van der Waals surface area contributed by atoms with E-state index < -0.39 is 23.9 Å². The van der Waals surface area contributed by atoms with Gasteiger partial charge in [-0.05, 0) is 35.4 Å². The average Bonchev–Trinajstić information content (AvgIpc) is 3.35. The molecule has 2 heterocycles. The SMILES string of the molecule is O=C1Oc2c(Cl)c3c(c(Cl)c2=C1c1ccc(C(=O)O)cc1)OC(=O)C=3c1ccc(C(=O)O)cc1. The second kappa shape index (κ2) is 7.72. The third-order valence-corrected chi connectivity index (χ3v) is 6.15. The summed E-state index contributed by atoms with van der Waals surface area (Å²) in [6, 6.07) is 11.0. The van der Waals surface area contributed by atoms with Crippen LogP contribution in [0.4, 0.5) is 0 Å². The van der Waals surface area contributed by atoms with Gasteiger partial charge in [0.05, 0.1) is 42.8 Å². The topological polar surface area (TPSA) is 127 Å². The predicted octanol–water partition coefficient (Wildman–Crippen LogP) is 2.63. The number of carbonyl (C=O) groups is 4. The van der Waals surface area contributed by atoms with Crippen LogP contribution >= 0.6 is 23.2 Å². The number of carboxylic acids is 2. The van der Waals surface area contributed by atoms with E-state index >= 15 is 0 Å². The molecule has 3 aromatic carbocycles. The standard InChI is InChI=1S/C24H10Cl2O8/c25-17-15-13(9-1-5-11(6-2-9)21(27)28)23(31)33-19(15)18(26)16-14(24(32)34-20(16)17)10-3-7-12(8-4-10)22(29)30/h1-8H,(H,27,28)(H,29,30). The number of benzene rings is 3. The predicted molar refractivity (Wildman–Crippen MR) is 119 cm³/mol. The highest BCUT2D eigenvalue weighted by atomic mass is 35.5. The van der Waals surface area contributed by atoms with Crippen LogP contribution in [-0.4, -0.2) is 34.1 Å². The lowest BCUT2D eigenvalue weighted by Crippen LogP contribution is -2.15. The number of carboxylic acid groups (broad SMARTS) is 2. The van der Waals surface area contributed by atoms with Crippen molar-refractivity contribution in [3.63, 3.8) is 0 Å². The number of carbonyl (C=O) groups excluding carboxylic acids is 2. The zero-order chi connectivity index (χ0) is 24.3. The van der Waals surface area contributed by atoms with Crippen LogP contribution in [0.2, 0.25) is 10.0 Å². The van der Waals surface area contributed by atoms with Crippen molar-refractivity contribution in [1.29, 1.82) is 0 Å². The summed E-state index contributed by atoms with van der Waals surface area (Å²) in [6.45, 7) is 0. The number of fused-ring (bicyclic) bond motifs is 2. The molecule has 2 aliphatic heterocycles. The fourth-order valence-electron chi connectivity index (χ4n) is 3.86. The molecule has 0 bridgehead atoms. The van der Waals surface area contributed by atoms with Crippen LogP contribution in [-0.2, 0) is 9.59 Å². The van der Waals surface area contributed by atoms with E-state index in [0.29, 0.717) is 11.1 Å². The van der Waals surface area contributed by atoms with Crippen molar-refractivity contribution in [2.75, 3.05) is 0 Å². The summed E-state index contributed by atoms with van der Waals surface area (Å²) in [5, 5.41) is 18.3. The Bertz CT molecular complexity index is 1460. The van der Waals surface area contributed by atoms with Crippen LogP contribution in [0, 0.1) is 0 Å². The van der Waals surface area contributed by atoms with Gasteiger partial charge in [0, 0.05) is 0 Å². The minimum Gasteiger partial charge on any atom is -0.478 e. The Kier molecular flexibility index (Phi) is 4.93. The highest BCUT2D eigenvalue weighted by Crippen LogP contribution is 2.37. The molecule has 5 rings (SSSR count). The van der Waals surface area contributed by atoms with Crippen LogP contribution < -0.4 is 19.9 Å². The van der Waals surface area contributed by atoms with Crippen molar-refractivity contribution < 1.29 is 38.9 Å². The molecule has 10 heteroatoms. The molecule has 8 nitrogen and oxygen atoms in total. The maximum absolute atomic E-state index is 12.7. The Morgan fingerprint density at radius 2 is 0.941 bits per heavy atom. The van der Waals surface area contributed by atoms with Crippen molar-refractivity contribution in [3.8, 4) is 11.5 Å². The lowest BCUT2D eigenvalue weighted by molar-refractivity contribution is -0.128. The van der Waals surface area contributed by atoms with Crippen LogP contribution in [0.5, 0.6) is 11.5 Å². The van der Waals surface area contributed by atoms with E-state index in [1.54, 1.807) is 0 Å². The molecule has 0 spiro atoms. The molecule has 3 aromatic rings. The molecule has 0 aromatic heterocycles. The zero-order valence-corrected chi connectivity index (χ0v) is 18.2. The first-order valence-electron chi connectivity index (χ1n) is 9.60. The molecular weight excluding hydrogens is 487 g/mol. The number of hydrogen-bond acceptors (Lipinski definition) is 6. The second-order valence-corrected chi connectivity index (χ2v) is 8.09. The summed E-state index contributed by atoms with van der Waals surface area (Å²) in [4.78, 5) is 47.7. The van der Waals surface area contributed by atoms with E-state index in [4.69, 9.17) is 42.9 Å². The Morgan fingerprint density at radius 1 is 0.618 bits per heavy atom. The zero-order valence-electron chi connectivity index (χ0n) is 16.7. The third kappa shape index (κ3) is 3.15. The number of hydrogen-bond donors (Lipinski definition) is 2. The van der Waals surface area contributed by atoms with Gasteiger partial charge in [0.2, 0.25) is 0 Å². The fourth-order valence-corrected chi connectivity index (χ4v) is 4.49. The molecule has 2 aliphatic rings. The molecule has 2 N–H and O–H groups in total. The first kappa shape index (κ1) is 21.7. The van der Waals surface area contributed by atoms with E-state index in [1.165, 1.54) is 48.5 Å². The Morgan fingerprint density at radius 3 is 1.24 bits per heavy atom. The van der Waals surface area contributed by atoms with Crippen LogP contribution in [0.1, 0.15) is 31.8 Å². The number of ether oxygens (including phenoxy) is 2. The fraction of sp³-hybridized carbons (Fsp3) is 0. The lowest BCUT2D eigenvalue weighted by atomic mass is 10.00. The average molecular weight is 497 g/mol. The summed E-state index contributed by atoms with van der Waals surface area (Å²) in [5.41, 5.74) is 0.801. The number of rotatable bonds is 4. The summed E-state index contributed by atoms with van der Waals surface area (Å²) < 4.78 is 10.8. The molecule has 0 saturated heterocycles. The summed E-state index contributed by atoms with van der Waals surface area (Å²) in [6.07, 6.45) is 0. The molecule has 0 amide bonds. The molecular formula is C24H10Cl2O8. The molecule has 0 fully saturated rings. The maximum atomic E-state index is 12.7. The van der Waals surface area contributed by atoms with Gasteiger partial charge >= 0.3 is 23.9 Å². The smallest absolute Gasteiger partial charge is 0.345 e. The maximum Gasteiger partial charge on any atom is 0.345 e. The molecule has 34 heavy (non-hydrogen) atoms. The van der Waals surface area contributed by atoms with E-state index in [-0.39, 0.29) is 54.3 Å². The normalized spacial score (nSPS) is 13.9. The Labute approximate surface area is 199 Å². The van der Waals surface area contributed by atoms with Gasteiger partial charge in [-0.15, -0.1) is 0 Å². The first-order chi connectivity index (χ1) is 16.2. The molecule has 0 radical (unpaired) electrons. The van der Waals surface area contributed by atoms with Gasteiger partial charge in [-0.2, -0.15) is 0 Å². The van der Waals surface area contributed by atoms with Gasteiger partial charge in [-0.1, -0.05) is 47.5 Å². The van der Waals surface area contributed by atoms with Gasteiger partial charge in [0.25, 0.3) is 0 Å². The van der Waals surface area contributed by atoms with Crippen molar-refractivity contribution in [1.82, 2.24) is 0 Å². The third-order valence-electron chi connectivity index (χ3n) is 5.43. The highest BCUT2D eigenvalue weighted by Gasteiger charge is 2.36. The van der Waals surface area contributed by atoms with E-state index in [0.717, 1.165) is 0 Å². The van der Waals surface area contributed by atoms with E-state index in [2.05, 4.69) is 0 Å². The minimum atomic E-state index is -1.13. The quantitative estimate of drug-likeness (QED) is 0.416.